The molecule has 2 aliphatic rings. The molecule has 0 aromatic heterocycles. The highest BCUT2D eigenvalue weighted by molar-refractivity contribution is 8.03. The first-order chi connectivity index (χ1) is 14.1. The molecule has 7 heteroatoms. The zero-order valence-electron chi connectivity index (χ0n) is 15.2. The number of hydrogen-bond acceptors (Lipinski definition) is 5. The molecule has 1 aliphatic carbocycles. The molecule has 2 N–H and O–H groups in total. The molecule has 2 aromatic carbocycles. The van der Waals surface area contributed by atoms with Crippen LogP contribution in [-0.4, -0.2) is 16.5 Å². The lowest BCUT2D eigenvalue weighted by Gasteiger charge is -2.12. The molecule has 0 atom stereocenters. The highest BCUT2D eigenvalue weighted by Crippen LogP contribution is 2.41. The molecule has 0 unspecified atom stereocenters. The van der Waals surface area contributed by atoms with Gasteiger partial charge in [-0.2, -0.15) is 4.90 Å². The van der Waals surface area contributed by atoms with Gasteiger partial charge in [0.2, 0.25) is 5.71 Å². The molecule has 1 heterocycles. The highest BCUT2D eigenvalue weighted by Gasteiger charge is 2.20. The summed E-state index contributed by atoms with van der Waals surface area (Å²) in [6, 6.07) is 16.8. The van der Waals surface area contributed by atoms with E-state index in [0.29, 0.717) is 11.3 Å². The van der Waals surface area contributed by atoms with Crippen LogP contribution < -0.4 is 10.6 Å². The Hall–Kier alpha value is -3.71. The molecule has 4 rings (SSSR count). The first-order valence-corrected chi connectivity index (χ1v) is 9.65. The first-order valence-electron chi connectivity index (χ1n) is 8.84. The summed E-state index contributed by atoms with van der Waals surface area (Å²) < 4.78 is 0. The van der Waals surface area contributed by atoms with Crippen LogP contribution in [0.4, 0.5) is 5.69 Å². The number of hydrogen-bond donors (Lipinski definition) is 2. The van der Waals surface area contributed by atoms with Crippen molar-refractivity contribution in [3.63, 3.8) is 0 Å². The standard InChI is InChI=1S/C22H16N3O3S/c26-21(16-6-2-1-3-7-16)23-19(14-15-10-12-17(13-11-15)25(27)28)22-24-18-8-4-5-9-20(18)29-22/h1-14,24H,(H-,23,26,27,28)/q-1. The van der Waals surface area contributed by atoms with E-state index in [2.05, 4.69) is 10.6 Å². The van der Waals surface area contributed by atoms with Crippen molar-refractivity contribution in [3.8, 4) is 0 Å². The monoisotopic (exact) mass is 402 g/mol. The van der Waals surface area contributed by atoms with Crippen LogP contribution in [0.15, 0.2) is 106 Å². The summed E-state index contributed by atoms with van der Waals surface area (Å²) in [7, 11) is 0. The van der Waals surface area contributed by atoms with Crippen molar-refractivity contribution in [3.05, 3.63) is 117 Å². The van der Waals surface area contributed by atoms with Crippen LogP contribution in [0.25, 0.3) is 0 Å². The third-order valence-electron chi connectivity index (χ3n) is 4.29. The Labute approximate surface area is 171 Å². The number of carbonyl (C=O) groups excluding carboxylic acids is 1. The van der Waals surface area contributed by atoms with Crippen LogP contribution in [0.3, 0.4) is 0 Å². The fourth-order valence-corrected chi connectivity index (χ4v) is 3.82. The number of amides is 1. The minimum absolute atomic E-state index is 0.0189. The van der Waals surface area contributed by atoms with E-state index in [9.17, 15) is 15.2 Å². The Balaban J connectivity index is 1.68. The van der Waals surface area contributed by atoms with Gasteiger partial charge in [-0.3, -0.25) is 4.79 Å². The summed E-state index contributed by atoms with van der Waals surface area (Å²) in [4.78, 5) is 13.3. The molecule has 2 aromatic rings. The Morgan fingerprint density at radius 2 is 1.66 bits per heavy atom. The summed E-state index contributed by atoms with van der Waals surface area (Å²) in [5.41, 5.74) is 2.86. The molecule has 0 spiro atoms. The molecule has 0 radical (unpaired) electrons. The number of rotatable bonds is 3. The number of carbonyl (C=O) groups is 1. The van der Waals surface area contributed by atoms with Gasteiger partial charge >= 0.3 is 0 Å². The maximum atomic E-state index is 12.7. The normalized spacial score (nSPS) is 16.1. The molecule has 144 valence electrons. The summed E-state index contributed by atoms with van der Waals surface area (Å²) in [6.45, 7) is 0. The predicted molar refractivity (Wildman–Crippen MR) is 115 cm³/mol. The topological polar surface area (TPSA) is 90.3 Å². The van der Waals surface area contributed by atoms with E-state index in [1.807, 2.05) is 30.3 Å². The average molecular weight is 402 g/mol. The van der Waals surface area contributed by atoms with Crippen molar-refractivity contribution in [2.45, 2.75) is 4.90 Å². The second kappa shape index (κ2) is 8.12. The number of allylic oxidation sites excluding steroid dienone is 6. The van der Waals surface area contributed by atoms with Crippen LogP contribution in [0.5, 0.6) is 0 Å². The molecule has 6 nitrogen and oxygen atoms in total. The number of nitrogens with one attached hydrogen (secondary N) is 2. The minimum Gasteiger partial charge on any atom is -0.612 e. The quantitative estimate of drug-likeness (QED) is 0.590. The maximum absolute atomic E-state index is 12.7. The largest absolute Gasteiger partial charge is 0.612 e. The first kappa shape index (κ1) is 18.6. The van der Waals surface area contributed by atoms with E-state index in [4.69, 9.17) is 0 Å². The third kappa shape index (κ3) is 4.25. The average Bonchev–Trinajstić information content (AvgIpc) is 3.18. The van der Waals surface area contributed by atoms with E-state index in [1.165, 1.54) is 23.9 Å². The Bertz CT molecular complexity index is 1070. The molecule has 0 fully saturated rings. The molecule has 0 bridgehead atoms. The second-order valence-corrected chi connectivity index (χ2v) is 7.33. The fourth-order valence-electron chi connectivity index (χ4n) is 2.84. The van der Waals surface area contributed by atoms with Crippen molar-refractivity contribution in [1.29, 1.82) is 0 Å². The van der Waals surface area contributed by atoms with Crippen LogP contribution in [-0.2, 0) is 0 Å². The van der Waals surface area contributed by atoms with Crippen molar-refractivity contribution in [2.75, 3.05) is 5.32 Å². The maximum Gasteiger partial charge on any atom is 0.255 e. The van der Waals surface area contributed by atoms with Gasteiger partial charge in [0.25, 0.3) is 5.91 Å². The van der Waals surface area contributed by atoms with Crippen molar-refractivity contribution < 1.29 is 9.70 Å². The lowest BCUT2D eigenvalue weighted by Crippen LogP contribution is -2.23. The second-order valence-electron chi connectivity index (χ2n) is 6.28. The fraction of sp³-hybridized carbons (Fsp3) is 0. The van der Waals surface area contributed by atoms with Gasteiger partial charge in [-0.25, -0.2) is 0 Å². The Kier molecular flexibility index (Phi) is 5.22. The molecular weight excluding hydrogens is 386 g/mol. The number of anilines is 1. The number of para-hydroxylation sites is 1. The SMILES string of the molecule is O=C(NC(C=C1C=CC(=[N+]([O-])[O-])C=C1)=C1Nc2ccccc2S1)c1ccccc1. The molecule has 1 aliphatic heterocycles. The van der Waals surface area contributed by atoms with Crippen LogP contribution >= 0.6 is 11.8 Å². The summed E-state index contributed by atoms with van der Waals surface area (Å²) in [5.74, 6) is -0.232. The van der Waals surface area contributed by atoms with Crippen LogP contribution in [0, 0.1) is 10.4 Å². The summed E-state index contributed by atoms with van der Waals surface area (Å²) in [5, 5.41) is 28.9. The molecule has 29 heavy (non-hydrogen) atoms. The van der Waals surface area contributed by atoms with Gasteiger partial charge < -0.3 is 21.0 Å². The number of nitrogens with zero attached hydrogens (tertiary/aromatic N) is 1. The highest BCUT2D eigenvalue weighted by atomic mass is 32.2. The number of benzene rings is 2. The van der Waals surface area contributed by atoms with Crippen molar-refractivity contribution >= 4 is 29.1 Å². The van der Waals surface area contributed by atoms with E-state index in [1.54, 1.807) is 42.5 Å². The lowest BCUT2D eigenvalue weighted by atomic mass is 10.1. The van der Waals surface area contributed by atoms with Gasteiger partial charge in [0.1, 0.15) is 5.03 Å². The van der Waals surface area contributed by atoms with Gasteiger partial charge in [0, 0.05) is 22.6 Å². The summed E-state index contributed by atoms with van der Waals surface area (Å²) in [6.07, 6.45) is 7.99. The number of fused-ring (bicyclic) bond motifs is 1. The van der Waals surface area contributed by atoms with Crippen molar-refractivity contribution in [2.24, 2.45) is 0 Å². The predicted octanol–water partition coefficient (Wildman–Crippen LogP) is 4.30. The van der Waals surface area contributed by atoms with Gasteiger partial charge in [-0.1, -0.05) is 42.1 Å². The van der Waals surface area contributed by atoms with E-state index >= 15 is 0 Å². The van der Waals surface area contributed by atoms with Gasteiger partial charge in [0.15, 0.2) is 0 Å². The molecule has 0 saturated carbocycles. The zero-order valence-corrected chi connectivity index (χ0v) is 16.0. The molecule has 1 amide bonds. The van der Waals surface area contributed by atoms with Crippen LogP contribution in [0.1, 0.15) is 10.4 Å². The lowest BCUT2D eigenvalue weighted by molar-refractivity contribution is -0.377. The minimum atomic E-state index is -0.439. The van der Waals surface area contributed by atoms with E-state index in [-0.39, 0.29) is 11.6 Å². The van der Waals surface area contributed by atoms with Gasteiger partial charge in [0.05, 0.1) is 11.4 Å². The molecular formula is C22H16N3O3S-. The number of thioether (sulfide) groups is 1. The van der Waals surface area contributed by atoms with Gasteiger partial charge in [-0.05, 0) is 48.1 Å². The van der Waals surface area contributed by atoms with Crippen molar-refractivity contribution in [1.82, 2.24) is 5.32 Å². The van der Waals surface area contributed by atoms with Crippen LogP contribution in [0.2, 0.25) is 0 Å². The Morgan fingerprint density at radius 3 is 2.34 bits per heavy atom. The van der Waals surface area contributed by atoms with E-state index in [0.717, 1.165) is 21.2 Å². The van der Waals surface area contributed by atoms with Gasteiger partial charge in [-0.15, -0.1) is 0 Å². The smallest absolute Gasteiger partial charge is 0.255 e. The zero-order chi connectivity index (χ0) is 20.2. The molecule has 0 saturated heterocycles. The van der Waals surface area contributed by atoms with E-state index < -0.39 is 4.90 Å². The third-order valence-corrected chi connectivity index (χ3v) is 5.39. The Morgan fingerprint density at radius 1 is 0.966 bits per heavy atom. The summed E-state index contributed by atoms with van der Waals surface area (Å²) >= 11 is 1.52.